The average Bonchev–Trinajstić information content (AvgIpc) is 3.09. The van der Waals surface area contributed by atoms with E-state index in [-0.39, 0.29) is 28.7 Å². The predicted molar refractivity (Wildman–Crippen MR) is 118 cm³/mol. The number of aryl methyl sites for hydroxylation is 1. The van der Waals surface area contributed by atoms with Crippen molar-refractivity contribution in [3.63, 3.8) is 0 Å². The van der Waals surface area contributed by atoms with E-state index in [2.05, 4.69) is 18.9 Å². The second kappa shape index (κ2) is 11.0. The Morgan fingerprint density at radius 1 is 1.16 bits per heavy atom. The van der Waals surface area contributed by atoms with Crippen molar-refractivity contribution in [1.82, 2.24) is 19.4 Å². The molecule has 10 heteroatoms. The first-order chi connectivity index (χ1) is 15.1. The van der Waals surface area contributed by atoms with Crippen LogP contribution in [0.4, 0.5) is 13.2 Å². The largest absolute Gasteiger partial charge is 0.433 e. The van der Waals surface area contributed by atoms with Gasteiger partial charge in [-0.05, 0) is 25.0 Å². The van der Waals surface area contributed by atoms with E-state index in [0.717, 1.165) is 23.4 Å². The smallest absolute Gasteiger partial charge is 0.339 e. The molecule has 2 aromatic rings. The summed E-state index contributed by atoms with van der Waals surface area (Å²) in [4.78, 5) is 28.4. The number of hydrogen-bond donors (Lipinski definition) is 0. The zero-order valence-corrected chi connectivity index (χ0v) is 19.7. The van der Waals surface area contributed by atoms with E-state index in [1.165, 1.54) is 17.4 Å². The minimum atomic E-state index is -4.68. The molecule has 0 atom stereocenters. The maximum atomic E-state index is 13.4. The van der Waals surface area contributed by atoms with Crippen LogP contribution in [-0.4, -0.2) is 57.4 Å². The van der Waals surface area contributed by atoms with E-state index in [9.17, 15) is 22.8 Å². The third kappa shape index (κ3) is 5.74. The van der Waals surface area contributed by atoms with Gasteiger partial charge in [-0.15, -0.1) is 0 Å². The Labute approximate surface area is 191 Å². The molecule has 0 radical (unpaired) electrons. The average molecular weight is 475 g/mol. The molecule has 0 bridgehead atoms. The van der Waals surface area contributed by atoms with Gasteiger partial charge in [0, 0.05) is 30.2 Å². The second-order valence-corrected chi connectivity index (χ2v) is 8.14. The molecule has 0 spiro atoms. The monoisotopic (exact) mass is 474 g/mol. The van der Waals surface area contributed by atoms with Gasteiger partial charge in [0.25, 0.3) is 5.91 Å². The van der Waals surface area contributed by atoms with Gasteiger partial charge in [-0.25, -0.2) is 4.52 Å². The Morgan fingerprint density at radius 2 is 1.81 bits per heavy atom. The van der Waals surface area contributed by atoms with Gasteiger partial charge in [0.2, 0.25) is 5.91 Å². The highest BCUT2D eigenvalue weighted by Crippen LogP contribution is 2.33. The van der Waals surface area contributed by atoms with E-state index >= 15 is 0 Å². The molecule has 2 aromatic heterocycles. The third-order valence-corrected chi connectivity index (χ3v) is 5.25. The maximum Gasteiger partial charge on any atom is 0.433 e. The summed E-state index contributed by atoms with van der Waals surface area (Å²) in [6, 6.07) is 2.15. The molecule has 0 aromatic carbocycles. The second-order valence-electron chi connectivity index (χ2n) is 7.70. The quantitative estimate of drug-likeness (QED) is 0.608. The topological polar surface area (TPSA) is 57.9 Å². The number of nitrogens with zero attached hydrogens (tertiary/aromatic N) is 4. The zero-order chi connectivity index (χ0) is 24.1. The van der Waals surface area contributed by atoms with E-state index in [4.69, 9.17) is 11.6 Å². The van der Waals surface area contributed by atoms with Crippen molar-refractivity contribution in [1.29, 1.82) is 0 Å². The molecular formula is C22H30ClF3N4O2. The summed E-state index contributed by atoms with van der Waals surface area (Å²) in [6.45, 7) is 9.26. The molecule has 2 amide bonds. The zero-order valence-electron chi connectivity index (χ0n) is 18.9. The minimum absolute atomic E-state index is 0.0740. The Hall–Kier alpha value is -2.29. The molecule has 1 aliphatic heterocycles. The number of carbonyl (C=O) groups is 2. The van der Waals surface area contributed by atoms with Gasteiger partial charge in [0.1, 0.15) is 12.2 Å². The summed E-state index contributed by atoms with van der Waals surface area (Å²) in [5.74, 6) is -0.711. The number of fused-ring (bicyclic) bond motifs is 1. The molecule has 0 N–H and O–H groups in total. The standard InChI is InChI=1S/C19H22ClF3N4O2.C3H8/c1-3-5-6-25-7-8-26(11-16(25)28)18(29)17-13(4-2)14-9-12(20)10-15(19(21,22)23)27(14)24-17;1-3-2/h9-10H,3-8,11H2,1-2H3;3H2,1-2H3. The molecule has 0 aliphatic carbocycles. The molecule has 178 valence electrons. The van der Waals surface area contributed by atoms with E-state index in [1.54, 1.807) is 11.8 Å². The molecule has 1 fully saturated rings. The Kier molecular flexibility index (Phi) is 8.95. The van der Waals surface area contributed by atoms with Gasteiger partial charge in [0.05, 0.1) is 5.52 Å². The van der Waals surface area contributed by atoms with Crippen molar-refractivity contribution in [3.8, 4) is 0 Å². The summed E-state index contributed by atoms with van der Waals surface area (Å²) in [6.07, 6.45) is -1.29. The number of aromatic nitrogens is 2. The highest BCUT2D eigenvalue weighted by atomic mass is 35.5. The van der Waals surface area contributed by atoms with Gasteiger partial charge >= 0.3 is 6.18 Å². The number of rotatable bonds is 5. The van der Waals surface area contributed by atoms with Crippen LogP contribution in [0.25, 0.3) is 5.52 Å². The lowest BCUT2D eigenvalue weighted by molar-refractivity contribution is -0.142. The van der Waals surface area contributed by atoms with Crippen molar-refractivity contribution in [2.75, 3.05) is 26.2 Å². The summed E-state index contributed by atoms with van der Waals surface area (Å²) in [5.41, 5.74) is -0.600. The van der Waals surface area contributed by atoms with Gasteiger partial charge in [-0.1, -0.05) is 52.1 Å². The van der Waals surface area contributed by atoms with Crippen molar-refractivity contribution < 1.29 is 22.8 Å². The van der Waals surface area contributed by atoms with E-state index in [0.29, 0.717) is 31.6 Å². The lowest BCUT2D eigenvalue weighted by Crippen LogP contribution is -2.52. The lowest BCUT2D eigenvalue weighted by atomic mass is 10.1. The third-order valence-electron chi connectivity index (χ3n) is 5.03. The fourth-order valence-corrected chi connectivity index (χ4v) is 3.71. The summed E-state index contributed by atoms with van der Waals surface area (Å²) in [5, 5.41) is 3.90. The van der Waals surface area contributed by atoms with E-state index in [1.807, 2.05) is 6.92 Å². The summed E-state index contributed by atoms with van der Waals surface area (Å²) >= 11 is 5.89. The van der Waals surface area contributed by atoms with Gasteiger partial charge < -0.3 is 9.80 Å². The fraction of sp³-hybridized carbons (Fsp3) is 0.591. The minimum Gasteiger partial charge on any atom is -0.339 e. The van der Waals surface area contributed by atoms with Gasteiger partial charge in [-0.3, -0.25) is 9.59 Å². The molecular weight excluding hydrogens is 445 g/mol. The van der Waals surface area contributed by atoms with Crippen LogP contribution < -0.4 is 0 Å². The molecule has 0 saturated carbocycles. The van der Waals surface area contributed by atoms with Crippen LogP contribution in [0, 0.1) is 0 Å². The Balaban J connectivity index is 0.00000114. The normalized spacial score (nSPS) is 14.6. The van der Waals surface area contributed by atoms with Gasteiger partial charge in [-0.2, -0.15) is 18.3 Å². The Bertz CT molecular complexity index is 959. The number of alkyl halides is 3. The van der Waals surface area contributed by atoms with Crippen molar-refractivity contribution in [2.45, 2.75) is 59.6 Å². The summed E-state index contributed by atoms with van der Waals surface area (Å²) in [7, 11) is 0. The van der Waals surface area contributed by atoms with Crippen molar-refractivity contribution in [3.05, 3.63) is 34.1 Å². The van der Waals surface area contributed by atoms with Gasteiger partial charge in [0.15, 0.2) is 5.69 Å². The van der Waals surface area contributed by atoms with Crippen molar-refractivity contribution in [2.24, 2.45) is 0 Å². The highest BCUT2D eigenvalue weighted by Gasteiger charge is 2.37. The highest BCUT2D eigenvalue weighted by molar-refractivity contribution is 6.31. The number of pyridine rings is 1. The predicted octanol–water partition coefficient (Wildman–Crippen LogP) is 5.07. The Morgan fingerprint density at radius 3 is 2.34 bits per heavy atom. The number of carbonyl (C=O) groups excluding carboxylic acids is 2. The molecule has 1 saturated heterocycles. The molecule has 1 aliphatic rings. The van der Waals surface area contributed by atoms with Crippen LogP contribution in [0.2, 0.25) is 5.02 Å². The number of halogens is 4. The fourth-order valence-electron chi connectivity index (χ4n) is 3.50. The van der Waals surface area contributed by atoms with Crippen LogP contribution in [0.3, 0.4) is 0 Å². The first kappa shape index (κ1) is 26.0. The van der Waals surface area contributed by atoms with Crippen LogP contribution >= 0.6 is 11.6 Å². The SMILES string of the molecule is CCC.CCCCN1CCN(C(=O)c2nn3c(C(F)(F)F)cc(Cl)cc3c2CC)CC1=O. The summed E-state index contributed by atoms with van der Waals surface area (Å²) < 4.78 is 41.0. The number of hydrogen-bond acceptors (Lipinski definition) is 3. The van der Waals surface area contributed by atoms with Crippen LogP contribution in [-0.2, 0) is 17.4 Å². The van der Waals surface area contributed by atoms with Crippen LogP contribution in [0.1, 0.15) is 68.7 Å². The van der Waals surface area contributed by atoms with Crippen molar-refractivity contribution >= 4 is 28.9 Å². The van der Waals surface area contributed by atoms with Crippen LogP contribution in [0.15, 0.2) is 12.1 Å². The maximum absolute atomic E-state index is 13.4. The first-order valence-electron chi connectivity index (χ1n) is 10.9. The first-order valence-corrected chi connectivity index (χ1v) is 11.3. The molecule has 32 heavy (non-hydrogen) atoms. The molecule has 6 nitrogen and oxygen atoms in total. The lowest BCUT2D eigenvalue weighted by Gasteiger charge is -2.34. The molecule has 3 heterocycles. The molecule has 3 rings (SSSR count). The van der Waals surface area contributed by atoms with E-state index < -0.39 is 17.8 Å². The van der Waals surface area contributed by atoms with Crippen LogP contribution in [0.5, 0.6) is 0 Å². The number of amides is 2. The number of piperazine rings is 1. The number of unbranched alkanes of at least 4 members (excludes halogenated alkanes) is 1. The molecule has 0 unspecified atom stereocenters.